The zero-order chi connectivity index (χ0) is 14.4. The molecule has 0 aliphatic carbocycles. The van der Waals surface area contributed by atoms with E-state index in [4.69, 9.17) is 9.84 Å². The fourth-order valence-electron chi connectivity index (χ4n) is 1.87. The van der Waals surface area contributed by atoms with Crippen LogP contribution in [0.25, 0.3) is 6.08 Å². The molecular weight excluding hydrogens is 329 g/mol. The van der Waals surface area contributed by atoms with E-state index in [-0.39, 0.29) is 5.75 Å². The van der Waals surface area contributed by atoms with Crippen molar-refractivity contribution >= 4 is 28.0 Å². The van der Waals surface area contributed by atoms with Crippen LogP contribution in [0.1, 0.15) is 11.1 Å². The fraction of sp³-hybridized carbons (Fsp3) is 0.250. The van der Waals surface area contributed by atoms with Gasteiger partial charge in [-0.2, -0.15) is 13.2 Å². The molecule has 0 unspecified atom stereocenters. The average molecular weight is 337 g/mol. The van der Waals surface area contributed by atoms with Crippen LogP contribution in [-0.4, -0.2) is 23.4 Å². The highest BCUT2D eigenvalue weighted by molar-refractivity contribution is 9.10. The Morgan fingerprint density at radius 1 is 1.42 bits per heavy atom. The maximum atomic E-state index is 12.8. The van der Waals surface area contributed by atoms with E-state index >= 15 is 0 Å². The molecule has 19 heavy (non-hydrogen) atoms. The molecule has 0 aromatic heterocycles. The van der Waals surface area contributed by atoms with Crippen molar-refractivity contribution in [1.29, 1.82) is 0 Å². The highest BCUT2D eigenvalue weighted by Gasteiger charge is 2.48. The van der Waals surface area contributed by atoms with Crippen LogP contribution in [0.3, 0.4) is 0 Å². The number of alkyl halides is 3. The summed E-state index contributed by atoms with van der Waals surface area (Å²) in [5.41, 5.74) is -0.0124. The minimum Gasteiger partial charge on any atom is -0.478 e. The van der Waals surface area contributed by atoms with Gasteiger partial charge in [0.2, 0.25) is 6.10 Å². The SMILES string of the molecule is Cc1cc(Br)cc2c1O[C@H](C(F)(F)F)C(C(=O)O)=C2. The lowest BCUT2D eigenvalue weighted by atomic mass is 9.99. The van der Waals surface area contributed by atoms with Gasteiger partial charge in [0, 0.05) is 10.0 Å². The maximum absolute atomic E-state index is 12.8. The van der Waals surface area contributed by atoms with Crippen LogP contribution in [0, 0.1) is 6.92 Å². The highest BCUT2D eigenvalue weighted by Crippen LogP contribution is 2.40. The number of aliphatic carboxylic acids is 1. The van der Waals surface area contributed by atoms with Crippen LogP contribution >= 0.6 is 15.9 Å². The number of carbonyl (C=O) groups is 1. The minimum absolute atomic E-state index is 0.0514. The second-order valence-electron chi connectivity index (χ2n) is 4.09. The molecule has 0 bridgehead atoms. The predicted octanol–water partition coefficient (Wildman–Crippen LogP) is 3.55. The Morgan fingerprint density at radius 2 is 2.05 bits per heavy atom. The van der Waals surface area contributed by atoms with Crippen LogP contribution in [0.5, 0.6) is 5.75 Å². The minimum atomic E-state index is -4.78. The average Bonchev–Trinajstić information content (AvgIpc) is 2.25. The van der Waals surface area contributed by atoms with Gasteiger partial charge in [-0.1, -0.05) is 15.9 Å². The van der Waals surface area contributed by atoms with E-state index in [0.717, 1.165) is 6.08 Å². The molecule has 0 saturated carbocycles. The van der Waals surface area contributed by atoms with Gasteiger partial charge < -0.3 is 9.84 Å². The first-order valence-electron chi connectivity index (χ1n) is 5.18. The first kappa shape index (κ1) is 13.9. The Labute approximate surface area is 114 Å². The van der Waals surface area contributed by atoms with Crippen molar-refractivity contribution in [2.24, 2.45) is 0 Å². The molecule has 1 aromatic rings. The van der Waals surface area contributed by atoms with Crippen LogP contribution in [0.2, 0.25) is 0 Å². The second-order valence-corrected chi connectivity index (χ2v) is 5.00. The van der Waals surface area contributed by atoms with E-state index in [0.29, 0.717) is 15.6 Å². The summed E-state index contributed by atoms with van der Waals surface area (Å²) in [7, 11) is 0. The third-order valence-corrected chi connectivity index (χ3v) is 3.10. The van der Waals surface area contributed by atoms with E-state index in [1.165, 1.54) is 6.07 Å². The number of carboxylic acid groups (broad SMARTS) is 1. The number of hydrogen-bond acceptors (Lipinski definition) is 2. The number of benzene rings is 1. The molecular formula is C12H8BrF3O3. The van der Waals surface area contributed by atoms with Crippen LogP contribution < -0.4 is 4.74 Å². The van der Waals surface area contributed by atoms with Crippen molar-refractivity contribution in [3.63, 3.8) is 0 Å². The lowest BCUT2D eigenvalue weighted by Gasteiger charge is -2.28. The fourth-order valence-corrected chi connectivity index (χ4v) is 2.46. The van der Waals surface area contributed by atoms with Crippen molar-refractivity contribution in [2.75, 3.05) is 0 Å². The Morgan fingerprint density at radius 3 is 2.58 bits per heavy atom. The lowest BCUT2D eigenvalue weighted by molar-refractivity contribution is -0.187. The molecule has 0 fully saturated rings. The zero-order valence-electron chi connectivity index (χ0n) is 9.58. The molecule has 1 atom stereocenters. The number of fused-ring (bicyclic) bond motifs is 1. The van der Waals surface area contributed by atoms with E-state index in [9.17, 15) is 18.0 Å². The molecule has 2 rings (SSSR count). The van der Waals surface area contributed by atoms with Gasteiger partial charge in [0.25, 0.3) is 0 Å². The molecule has 7 heteroatoms. The number of carboxylic acids is 1. The monoisotopic (exact) mass is 336 g/mol. The first-order valence-corrected chi connectivity index (χ1v) is 5.98. The molecule has 0 radical (unpaired) electrons. The van der Waals surface area contributed by atoms with Crippen molar-refractivity contribution in [3.05, 3.63) is 33.3 Å². The molecule has 0 amide bonds. The Bertz CT molecular complexity index is 578. The molecule has 1 aliphatic heterocycles. The summed E-state index contributed by atoms with van der Waals surface area (Å²) >= 11 is 3.20. The Kier molecular flexibility index (Phi) is 3.34. The van der Waals surface area contributed by atoms with Crippen LogP contribution in [-0.2, 0) is 4.79 Å². The van der Waals surface area contributed by atoms with Gasteiger partial charge in [-0.25, -0.2) is 4.79 Å². The second kappa shape index (κ2) is 4.56. The topological polar surface area (TPSA) is 46.5 Å². The van der Waals surface area contributed by atoms with Crippen molar-refractivity contribution in [2.45, 2.75) is 19.2 Å². The van der Waals surface area contributed by atoms with E-state index in [1.54, 1.807) is 13.0 Å². The number of hydrogen-bond donors (Lipinski definition) is 1. The summed E-state index contributed by atoms with van der Waals surface area (Å²) in [6.45, 7) is 1.59. The Balaban J connectivity index is 2.61. The molecule has 0 saturated heterocycles. The van der Waals surface area contributed by atoms with Crippen LogP contribution in [0.15, 0.2) is 22.2 Å². The number of aryl methyl sites for hydroxylation is 1. The summed E-state index contributed by atoms with van der Waals surface area (Å²) in [5, 5.41) is 8.88. The smallest absolute Gasteiger partial charge is 0.430 e. The van der Waals surface area contributed by atoms with E-state index < -0.39 is 23.8 Å². The normalized spacial score (nSPS) is 18.4. The van der Waals surface area contributed by atoms with Gasteiger partial charge >= 0.3 is 12.1 Å². The lowest BCUT2D eigenvalue weighted by Crippen LogP contribution is -2.40. The van der Waals surface area contributed by atoms with Gasteiger partial charge in [0.15, 0.2) is 0 Å². The van der Waals surface area contributed by atoms with Gasteiger partial charge in [-0.3, -0.25) is 0 Å². The standard InChI is InChI=1S/C12H8BrF3O3/c1-5-2-7(13)3-6-4-8(11(17)18)10(12(14,15)16)19-9(5)6/h2-4,10H,1H3,(H,17,18)/t10-/m0/s1. The highest BCUT2D eigenvalue weighted by atomic mass is 79.9. The van der Waals surface area contributed by atoms with E-state index in [1.807, 2.05) is 0 Å². The van der Waals surface area contributed by atoms with E-state index in [2.05, 4.69) is 15.9 Å². The molecule has 1 aliphatic rings. The number of halogens is 4. The van der Waals surface area contributed by atoms with Gasteiger partial charge in [0.05, 0.1) is 5.57 Å². The number of rotatable bonds is 1. The van der Waals surface area contributed by atoms with Crippen LogP contribution in [0.4, 0.5) is 13.2 Å². The van der Waals surface area contributed by atoms with Gasteiger partial charge in [-0.15, -0.1) is 0 Å². The molecule has 3 nitrogen and oxygen atoms in total. The van der Waals surface area contributed by atoms with Gasteiger partial charge in [0.1, 0.15) is 5.75 Å². The summed E-state index contributed by atoms with van der Waals surface area (Å²) in [6, 6.07) is 3.11. The van der Waals surface area contributed by atoms with Crippen molar-refractivity contribution in [1.82, 2.24) is 0 Å². The molecule has 0 spiro atoms. The molecule has 1 heterocycles. The first-order chi connectivity index (χ1) is 8.70. The molecule has 102 valence electrons. The van der Waals surface area contributed by atoms with Crippen molar-refractivity contribution in [3.8, 4) is 5.75 Å². The largest absolute Gasteiger partial charge is 0.478 e. The molecule has 1 N–H and O–H groups in total. The zero-order valence-corrected chi connectivity index (χ0v) is 11.2. The summed E-state index contributed by atoms with van der Waals surface area (Å²) in [5.74, 6) is -1.60. The summed E-state index contributed by atoms with van der Waals surface area (Å²) < 4.78 is 44.0. The third kappa shape index (κ3) is 2.60. The van der Waals surface area contributed by atoms with Gasteiger partial charge in [-0.05, 0) is 30.7 Å². The summed E-state index contributed by atoms with van der Waals surface area (Å²) in [6.07, 6.45) is -6.23. The van der Waals surface area contributed by atoms with Crippen molar-refractivity contribution < 1.29 is 27.8 Å². The summed E-state index contributed by atoms with van der Waals surface area (Å²) in [4.78, 5) is 10.9. The third-order valence-electron chi connectivity index (χ3n) is 2.64. The maximum Gasteiger partial charge on any atom is 0.430 e. The molecule has 1 aromatic carbocycles. The quantitative estimate of drug-likeness (QED) is 0.853. The number of ether oxygens (including phenoxy) is 1. The Hall–Kier alpha value is -1.50. The predicted molar refractivity (Wildman–Crippen MR) is 65.0 cm³/mol.